The fraction of sp³-hybridized carbons (Fsp3) is 0.158. The predicted octanol–water partition coefficient (Wildman–Crippen LogP) is 5.36. The van der Waals surface area contributed by atoms with Crippen LogP contribution in [-0.2, 0) is 0 Å². The van der Waals surface area contributed by atoms with Gasteiger partial charge < -0.3 is 15.4 Å². The van der Waals surface area contributed by atoms with E-state index >= 15 is 0 Å². The summed E-state index contributed by atoms with van der Waals surface area (Å²) in [6, 6.07) is 11.8. The van der Waals surface area contributed by atoms with Crippen LogP contribution >= 0.6 is 11.3 Å². The third kappa shape index (κ3) is 5.24. The van der Waals surface area contributed by atoms with E-state index in [1.807, 2.05) is 32.0 Å². The molecule has 0 spiro atoms. The van der Waals surface area contributed by atoms with Crippen molar-refractivity contribution in [1.82, 2.24) is 4.98 Å². The van der Waals surface area contributed by atoms with Crippen molar-refractivity contribution in [1.29, 1.82) is 0 Å². The van der Waals surface area contributed by atoms with Crippen LogP contribution in [0.3, 0.4) is 0 Å². The van der Waals surface area contributed by atoms with E-state index < -0.39 is 6.61 Å². The number of halogens is 2. The van der Waals surface area contributed by atoms with Crippen molar-refractivity contribution < 1.29 is 18.3 Å². The number of carbonyl (C=O) groups is 1. The molecule has 3 rings (SSSR count). The van der Waals surface area contributed by atoms with Crippen molar-refractivity contribution in [3.8, 4) is 5.75 Å². The Balaban J connectivity index is 1.64. The number of thiazole rings is 1. The van der Waals surface area contributed by atoms with Gasteiger partial charge >= 0.3 is 6.61 Å². The van der Waals surface area contributed by atoms with Gasteiger partial charge in [-0.2, -0.15) is 8.78 Å². The van der Waals surface area contributed by atoms with E-state index in [0.717, 1.165) is 16.8 Å². The Labute approximate surface area is 159 Å². The lowest BCUT2D eigenvalue weighted by Crippen LogP contribution is -2.12. The summed E-state index contributed by atoms with van der Waals surface area (Å²) in [5, 5.41) is 8.02. The summed E-state index contributed by atoms with van der Waals surface area (Å²) in [6.07, 6.45) is 0. The molecular formula is C19H17F2N3O2S. The highest BCUT2D eigenvalue weighted by Crippen LogP contribution is 2.24. The average molecular weight is 389 g/mol. The van der Waals surface area contributed by atoms with Crippen molar-refractivity contribution >= 4 is 33.8 Å². The van der Waals surface area contributed by atoms with Crippen LogP contribution < -0.4 is 15.4 Å². The molecule has 0 aliphatic carbocycles. The molecule has 0 aliphatic heterocycles. The van der Waals surface area contributed by atoms with Gasteiger partial charge in [-0.3, -0.25) is 4.79 Å². The largest absolute Gasteiger partial charge is 0.435 e. The van der Waals surface area contributed by atoms with Crippen molar-refractivity contribution in [2.75, 3.05) is 10.6 Å². The van der Waals surface area contributed by atoms with Crippen LogP contribution in [0.4, 0.5) is 25.3 Å². The van der Waals surface area contributed by atoms with E-state index in [9.17, 15) is 13.6 Å². The Morgan fingerprint density at radius 1 is 1.07 bits per heavy atom. The molecule has 8 heteroatoms. The summed E-state index contributed by atoms with van der Waals surface area (Å²) in [5.74, 6) is -0.229. The van der Waals surface area contributed by atoms with Gasteiger partial charge in [-0.15, -0.1) is 11.3 Å². The first-order valence-corrected chi connectivity index (χ1v) is 8.94. The molecule has 0 unspecified atom stereocenters. The van der Waals surface area contributed by atoms with E-state index in [4.69, 9.17) is 0 Å². The first-order valence-electron chi connectivity index (χ1n) is 8.06. The second-order valence-electron chi connectivity index (χ2n) is 5.90. The van der Waals surface area contributed by atoms with E-state index in [1.165, 1.54) is 23.5 Å². The molecule has 0 atom stereocenters. The molecule has 0 saturated carbocycles. The number of hydrogen-bond donors (Lipinski definition) is 2. The second-order valence-corrected chi connectivity index (χ2v) is 6.75. The molecule has 0 aliphatic rings. The number of carbonyl (C=O) groups excluding carboxylic acids is 1. The minimum Gasteiger partial charge on any atom is -0.435 e. The van der Waals surface area contributed by atoms with E-state index in [2.05, 4.69) is 20.4 Å². The highest BCUT2D eigenvalue weighted by Gasteiger charge is 2.12. The summed E-state index contributed by atoms with van der Waals surface area (Å²) < 4.78 is 28.6. The second kappa shape index (κ2) is 8.13. The highest BCUT2D eigenvalue weighted by atomic mass is 32.1. The molecule has 1 amide bonds. The molecule has 1 aromatic heterocycles. The predicted molar refractivity (Wildman–Crippen MR) is 102 cm³/mol. The highest BCUT2D eigenvalue weighted by molar-refractivity contribution is 7.14. The third-order valence-electron chi connectivity index (χ3n) is 3.55. The fourth-order valence-corrected chi connectivity index (χ4v) is 3.23. The number of hydrogen-bond acceptors (Lipinski definition) is 5. The molecule has 2 aromatic carbocycles. The van der Waals surface area contributed by atoms with Gasteiger partial charge in [-0.1, -0.05) is 6.07 Å². The van der Waals surface area contributed by atoms with Gasteiger partial charge in [0.2, 0.25) is 0 Å². The molecule has 0 bridgehead atoms. The lowest BCUT2D eigenvalue weighted by molar-refractivity contribution is -0.0498. The van der Waals surface area contributed by atoms with Crippen molar-refractivity contribution in [3.63, 3.8) is 0 Å². The number of nitrogens with zero attached hydrogens (tertiary/aromatic N) is 1. The van der Waals surface area contributed by atoms with Crippen LogP contribution in [-0.4, -0.2) is 17.5 Å². The number of ether oxygens (including phenoxy) is 1. The molecule has 5 nitrogen and oxygen atoms in total. The first kappa shape index (κ1) is 18.8. The number of aryl methyl sites for hydroxylation is 2. The van der Waals surface area contributed by atoms with E-state index in [-0.39, 0.29) is 11.7 Å². The summed E-state index contributed by atoms with van der Waals surface area (Å²) in [4.78, 5) is 16.6. The third-order valence-corrected chi connectivity index (χ3v) is 4.30. The van der Waals surface area contributed by atoms with Gasteiger partial charge in [0.1, 0.15) is 11.4 Å². The zero-order valence-corrected chi connectivity index (χ0v) is 15.4. The molecule has 2 N–H and O–H groups in total. The van der Waals surface area contributed by atoms with Gasteiger partial charge in [0.15, 0.2) is 5.13 Å². The van der Waals surface area contributed by atoms with Crippen LogP contribution in [0.25, 0.3) is 0 Å². The monoisotopic (exact) mass is 389 g/mol. The number of rotatable bonds is 6. The van der Waals surface area contributed by atoms with Crippen molar-refractivity contribution in [2.45, 2.75) is 20.5 Å². The van der Waals surface area contributed by atoms with Gasteiger partial charge in [-0.05, 0) is 61.4 Å². The Bertz CT molecular complexity index is 922. The summed E-state index contributed by atoms with van der Waals surface area (Å²) >= 11 is 1.27. The number of aromatic nitrogens is 1. The van der Waals surface area contributed by atoms with E-state index in [0.29, 0.717) is 16.5 Å². The minimum absolute atomic E-state index is 0.0724. The van der Waals surface area contributed by atoms with Crippen molar-refractivity contribution in [3.05, 3.63) is 64.7 Å². The molecular weight excluding hydrogens is 372 g/mol. The number of alkyl halides is 2. The summed E-state index contributed by atoms with van der Waals surface area (Å²) in [6.45, 7) is 1.07. The minimum atomic E-state index is -2.86. The van der Waals surface area contributed by atoms with E-state index in [1.54, 1.807) is 17.5 Å². The van der Waals surface area contributed by atoms with Crippen LogP contribution in [0.2, 0.25) is 0 Å². The van der Waals surface area contributed by atoms with Crippen LogP contribution in [0.15, 0.2) is 47.8 Å². The molecule has 3 aromatic rings. The quantitative estimate of drug-likeness (QED) is 0.596. The smallest absolute Gasteiger partial charge is 0.387 e. The average Bonchev–Trinajstić information content (AvgIpc) is 3.04. The number of benzene rings is 2. The molecule has 0 fully saturated rings. The van der Waals surface area contributed by atoms with Gasteiger partial charge in [0, 0.05) is 16.8 Å². The van der Waals surface area contributed by atoms with Gasteiger partial charge in [0.25, 0.3) is 5.91 Å². The lowest BCUT2D eigenvalue weighted by atomic mass is 10.1. The molecule has 27 heavy (non-hydrogen) atoms. The lowest BCUT2D eigenvalue weighted by Gasteiger charge is -2.07. The van der Waals surface area contributed by atoms with Crippen LogP contribution in [0.5, 0.6) is 5.75 Å². The Kier molecular flexibility index (Phi) is 5.66. The summed E-state index contributed by atoms with van der Waals surface area (Å²) in [7, 11) is 0. The summed E-state index contributed by atoms with van der Waals surface area (Å²) in [5.41, 5.74) is 3.77. The maximum atomic E-state index is 12.4. The molecule has 0 saturated heterocycles. The maximum Gasteiger partial charge on any atom is 0.387 e. The fourth-order valence-electron chi connectivity index (χ4n) is 2.52. The first-order chi connectivity index (χ1) is 12.9. The zero-order chi connectivity index (χ0) is 19.4. The molecule has 140 valence electrons. The van der Waals surface area contributed by atoms with Crippen LogP contribution in [0, 0.1) is 13.8 Å². The number of nitrogens with one attached hydrogen (secondary N) is 2. The topological polar surface area (TPSA) is 63.2 Å². The number of anilines is 3. The zero-order valence-electron chi connectivity index (χ0n) is 14.6. The normalized spacial score (nSPS) is 10.7. The Hall–Kier alpha value is -3.00. The maximum absolute atomic E-state index is 12.4. The van der Waals surface area contributed by atoms with Gasteiger partial charge in [0.05, 0.1) is 0 Å². The van der Waals surface area contributed by atoms with Crippen molar-refractivity contribution in [2.24, 2.45) is 0 Å². The number of amides is 1. The molecule has 1 heterocycles. The van der Waals surface area contributed by atoms with Gasteiger partial charge in [-0.25, -0.2) is 4.98 Å². The van der Waals surface area contributed by atoms with Crippen LogP contribution in [0.1, 0.15) is 21.6 Å². The Morgan fingerprint density at radius 3 is 2.37 bits per heavy atom. The standard InChI is InChI=1S/C19H17F2N3O2S/c1-11-7-12(2)9-14(8-11)22-17(25)16-10-27-19(24-16)23-13-3-5-15(6-4-13)26-18(20)21/h3-10,18H,1-2H3,(H,22,25)(H,23,24). The molecule has 0 radical (unpaired) electrons. The SMILES string of the molecule is Cc1cc(C)cc(NC(=O)c2csc(Nc3ccc(OC(F)F)cc3)n2)c1. The Morgan fingerprint density at radius 2 is 1.74 bits per heavy atom.